The van der Waals surface area contributed by atoms with Crippen LogP contribution in [0.4, 0.5) is 15.8 Å². The summed E-state index contributed by atoms with van der Waals surface area (Å²) in [5.41, 5.74) is 1.42. The number of hydrogen-bond donors (Lipinski definition) is 1. The first kappa shape index (κ1) is 15.1. The van der Waals surface area contributed by atoms with Crippen molar-refractivity contribution < 1.29 is 13.9 Å². The van der Waals surface area contributed by atoms with Gasteiger partial charge in [-0.05, 0) is 38.0 Å². The van der Waals surface area contributed by atoms with Crippen LogP contribution in [0.5, 0.6) is 0 Å². The molecule has 1 aliphatic rings. The van der Waals surface area contributed by atoms with E-state index >= 15 is 0 Å². The van der Waals surface area contributed by atoms with Crippen molar-refractivity contribution in [2.75, 3.05) is 37.5 Å². The van der Waals surface area contributed by atoms with Gasteiger partial charge in [-0.2, -0.15) is 0 Å². The van der Waals surface area contributed by atoms with E-state index in [1.165, 1.54) is 6.07 Å². The number of rotatable bonds is 6. The van der Waals surface area contributed by atoms with Crippen molar-refractivity contribution in [3.05, 3.63) is 24.0 Å². The summed E-state index contributed by atoms with van der Waals surface area (Å²) in [6.07, 6.45) is 1.91. The lowest BCUT2D eigenvalue weighted by Crippen LogP contribution is -2.33. The van der Waals surface area contributed by atoms with Gasteiger partial charge in [0.15, 0.2) is 6.29 Å². The van der Waals surface area contributed by atoms with Crippen molar-refractivity contribution >= 4 is 11.4 Å². The highest BCUT2D eigenvalue weighted by atomic mass is 19.1. The van der Waals surface area contributed by atoms with Crippen LogP contribution < -0.4 is 10.2 Å². The lowest BCUT2D eigenvalue weighted by molar-refractivity contribution is -0.109. The Morgan fingerprint density at radius 3 is 2.40 bits per heavy atom. The molecule has 0 aromatic heterocycles. The second-order valence-corrected chi connectivity index (χ2v) is 5.13. The highest BCUT2D eigenvalue weighted by molar-refractivity contribution is 5.57. The van der Waals surface area contributed by atoms with Crippen LogP contribution >= 0.6 is 0 Å². The standard InChI is InChI=1S/C15H23FN2O2/c1-11(15(19-2)20-3)17-12-6-7-14(13(16)10-12)18-8-4-5-9-18/h6-7,10-11,15,17H,4-5,8-9H2,1-3H3. The number of benzene rings is 1. The highest BCUT2D eigenvalue weighted by Crippen LogP contribution is 2.26. The molecule has 0 bridgehead atoms. The molecule has 1 aromatic carbocycles. The minimum absolute atomic E-state index is 0.0676. The van der Waals surface area contributed by atoms with Crippen LogP contribution in [0.15, 0.2) is 18.2 Å². The number of nitrogens with one attached hydrogen (secondary N) is 1. The molecule has 2 rings (SSSR count). The molecule has 5 heteroatoms. The predicted molar refractivity (Wildman–Crippen MR) is 78.7 cm³/mol. The van der Waals surface area contributed by atoms with E-state index in [-0.39, 0.29) is 18.1 Å². The molecule has 0 saturated carbocycles. The van der Waals surface area contributed by atoms with Gasteiger partial charge in [0.2, 0.25) is 0 Å². The third-order valence-corrected chi connectivity index (χ3v) is 3.66. The summed E-state index contributed by atoms with van der Waals surface area (Å²) in [4.78, 5) is 2.09. The van der Waals surface area contributed by atoms with Gasteiger partial charge < -0.3 is 19.7 Å². The molecule has 0 spiro atoms. The maximum Gasteiger partial charge on any atom is 0.176 e. The van der Waals surface area contributed by atoms with E-state index in [0.29, 0.717) is 5.69 Å². The quantitative estimate of drug-likeness (QED) is 0.814. The summed E-state index contributed by atoms with van der Waals surface area (Å²) in [7, 11) is 3.17. The lowest BCUT2D eigenvalue weighted by Gasteiger charge is -2.24. The fourth-order valence-corrected chi connectivity index (χ4v) is 2.65. The zero-order valence-electron chi connectivity index (χ0n) is 12.4. The SMILES string of the molecule is COC(OC)C(C)Nc1ccc(N2CCCC2)c(F)c1. The summed E-state index contributed by atoms with van der Waals surface area (Å²) < 4.78 is 24.5. The Kier molecular flexibility index (Phi) is 5.20. The summed E-state index contributed by atoms with van der Waals surface area (Å²) in [6, 6.07) is 5.20. The molecule has 1 unspecified atom stereocenters. The molecule has 4 nitrogen and oxygen atoms in total. The third kappa shape index (κ3) is 3.41. The first-order chi connectivity index (χ1) is 9.65. The van der Waals surface area contributed by atoms with E-state index in [1.807, 2.05) is 19.1 Å². The molecule has 0 aliphatic carbocycles. The molecule has 1 aromatic rings. The lowest BCUT2D eigenvalue weighted by atomic mass is 10.2. The van der Waals surface area contributed by atoms with Gasteiger partial charge in [-0.15, -0.1) is 0 Å². The van der Waals surface area contributed by atoms with Gasteiger partial charge in [0.1, 0.15) is 5.82 Å². The normalized spacial score (nSPS) is 16.8. The molecular weight excluding hydrogens is 259 g/mol. The fraction of sp³-hybridized carbons (Fsp3) is 0.600. The van der Waals surface area contributed by atoms with E-state index in [9.17, 15) is 4.39 Å². The molecule has 1 heterocycles. The minimum atomic E-state index is -0.365. The van der Waals surface area contributed by atoms with Gasteiger partial charge in [0.25, 0.3) is 0 Å². The molecule has 1 fully saturated rings. The maximum atomic E-state index is 14.2. The molecule has 1 atom stereocenters. The molecule has 1 saturated heterocycles. The Balaban J connectivity index is 2.05. The number of hydrogen-bond acceptors (Lipinski definition) is 4. The third-order valence-electron chi connectivity index (χ3n) is 3.66. The Hall–Kier alpha value is -1.33. The molecule has 0 radical (unpaired) electrons. The van der Waals surface area contributed by atoms with Crippen LogP contribution in [-0.4, -0.2) is 39.6 Å². The topological polar surface area (TPSA) is 33.7 Å². The average Bonchev–Trinajstić information content (AvgIpc) is 2.94. The summed E-state index contributed by atoms with van der Waals surface area (Å²) in [5.74, 6) is -0.185. The Morgan fingerprint density at radius 1 is 1.20 bits per heavy atom. The zero-order valence-corrected chi connectivity index (χ0v) is 12.4. The van der Waals surface area contributed by atoms with E-state index < -0.39 is 0 Å². The number of halogens is 1. The van der Waals surface area contributed by atoms with Crippen LogP contribution in [0, 0.1) is 5.82 Å². The molecule has 20 heavy (non-hydrogen) atoms. The monoisotopic (exact) mass is 282 g/mol. The molecule has 0 amide bonds. The number of methoxy groups -OCH3 is 2. The van der Waals surface area contributed by atoms with Crippen LogP contribution in [0.25, 0.3) is 0 Å². The predicted octanol–water partition coefficient (Wildman–Crippen LogP) is 2.85. The van der Waals surface area contributed by atoms with Gasteiger partial charge in [-0.25, -0.2) is 4.39 Å². The Labute approximate surface area is 119 Å². The van der Waals surface area contributed by atoms with Crippen LogP contribution in [0.1, 0.15) is 19.8 Å². The Morgan fingerprint density at radius 2 is 1.85 bits per heavy atom. The molecule has 1 aliphatic heterocycles. The summed E-state index contributed by atoms with van der Waals surface area (Å²) >= 11 is 0. The second-order valence-electron chi connectivity index (χ2n) is 5.13. The van der Waals surface area contributed by atoms with Gasteiger partial charge in [-0.1, -0.05) is 0 Å². The fourth-order valence-electron chi connectivity index (χ4n) is 2.65. The van der Waals surface area contributed by atoms with Crippen molar-refractivity contribution in [1.82, 2.24) is 0 Å². The molecule has 1 N–H and O–H groups in total. The van der Waals surface area contributed by atoms with Crippen molar-refractivity contribution in [3.63, 3.8) is 0 Å². The second kappa shape index (κ2) is 6.90. The van der Waals surface area contributed by atoms with Crippen molar-refractivity contribution in [2.45, 2.75) is 32.1 Å². The van der Waals surface area contributed by atoms with Crippen molar-refractivity contribution in [1.29, 1.82) is 0 Å². The molecular formula is C15H23FN2O2. The highest BCUT2D eigenvalue weighted by Gasteiger charge is 2.18. The van der Waals surface area contributed by atoms with Crippen molar-refractivity contribution in [3.8, 4) is 0 Å². The van der Waals surface area contributed by atoms with Crippen LogP contribution in [0.3, 0.4) is 0 Å². The number of anilines is 2. The number of nitrogens with zero attached hydrogens (tertiary/aromatic N) is 1. The van der Waals surface area contributed by atoms with Gasteiger partial charge in [-0.3, -0.25) is 0 Å². The first-order valence-corrected chi connectivity index (χ1v) is 7.02. The van der Waals surface area contributed by atoms with Gasteiger partial charge in [0.05, 0.1) is 11.7 Å². The van der Waals surface area contributed by atoms with Crippen LogP contribution in [-0.2, 0) is 9.47 Å². The summed E-state index contributed by atoms with van der Waals surface area (Å²) in [5, 5.41) is 3.19. The van der Waals surface area contributed by atoms with E-state index in [2.05, 4.69) is 10.2 Å². The van der Waals surface area contributed by atoms with Crippen LogP contribution in [0.2, 0.25) is 0 Å². The minimum Gasteiger partial charge on any atom is -0.377 e. The van der Waals surface area contributed by atoms with E-state index in [4.69, 9.17) is 9.47 Å². The zero-order chi connectivity index (χ0) is 14.5. The van der Waals surface area contributed by atoms with Crippen molar-refractivity contribution in [2.24, 2.45) is 0 Å². The summed E-state index contributed by atoms with van der Waals surface area (Å²) in [6.45, 7) is 3.81. The number of ether oxygens (including phenoxy) is 2. The van der Waals surface area contributed by atoms with E-state index in [1.54, 1.807) is 14.2 Å². The largest absolute Gasteiger partial charge is 0.377 e. The smallest absolute Gasteiger partial charge is 0.176 e. The first-order valence-electron chi connectivity index (χ1n) is 7.02. The van der Waals surface area contributed by atoms with Gasteiger partial charge >= 0.3 is 0 Å². The van der Waals surface area contributed by atoms with E-state index in [0.717, 1.165) is 31.6 Å². The maximum absolute atomic E-state index is 14.2. The molecule has 112 valence electrons. The van der Waals surface area contributed by atoms with Gasteiger partial charge in [0, 0.05) is 33.0 Å². The Bertz CT molecular complexity index is 432. The average molecular weight is 282 g/mol.